The van der Waals surface area contributed by atoms with Crippen molar-refractivity contribution in [1.82, 2.24) is 4.98 Å². The molecule has 8 heteroatoms. The number of carbonyl (C=O) groups is 1. The van der Waals surface area contributed by atoms with Gasteiger partial charge < -0.3 is 14.6 Å². The average molecular weight is 382 g/mol. The molecule has 0 spiro atoms. The molecule has 3 rings (SSSR count). The van der Waals surface area contributed by atoms with E-state index >= 15 is 0 Å². The first kappa shape index (κ1) is 19.3. The van der Waals surface area contributed by atoms with Gasteiger partial charge in [0.05, 0.1) is 11.6 Å². The minimum absolute atomic E-state index is 0.0578. The van der Waals surface area contributed by atoms with Crippen molar-refractivity contribution in [2.45, 2.75) is 58.0 Å². The molecular formula is C19H21F3N2O3. The molecule has 0 amide bonds. The highest BCUT2D eigenvalue weighted by Gasteiger charge is 2.37. The quantitative estimate of drug-likeness (QED) is 0.819. The number of nitrogens with zero attached hydrogens (tertiary/aromatic N) is 1. The summed E-state index contributed by atoms with van der Waals surface area (Å²) in [5, 5.41) is -0.0578. The Morgan fingerprint density at radius 3 is 2.63 bits per heavy atom. The van der Waals surface area contributed by atoms with E-state index in [0.717, 1.165) is 12.8 Å². The van der Waals surface area contributed by atoms with Crippen LogP contribution in [0.4, 0.5) is 18.9 Å². The average Bonchev–Trinajstić information content (AvgIpc) is 2.94. The molecule has 2 aromatic rings. The zero-order valence-corrected chi connectivity index (χ0v) is 15.3. The predicted molar refractivity (Wildman–Crippen MR) is 95.8 cm³/mol. The van der Waals surface area contributed by atoms with Gasteiger partial charge in [0.1, 0.15) is 6.10 Å². The number of anilines is 1. The Morgan fingerprint density at radius 2 is 2.00 bits per heavy atom. The summed E-state index contributed by atoms with van der Waals surface area (Å²) < 4.78 is 45.5. The normalized spacial score (nSPS) is 21.5. The molecule has 2 heterocycles. The summed E-state index contributed by atoms with van der Waals surface area (Å²) in [6.07, 6.45) is -3.41. The summed E-state index contributed by atoms with van der Waals surface area (Å²) in [6, 6.07) is 5.16. The number of esters is 1. The molecule has 5 nitrogen and oxygen atoms in total. The van der Waals surface area contributed by atoms with Crippen LogP contribution in [0.25, 0.3) is 10.9 Å². The highest BCUT2D eigenvalue weighted by molar-refractivity contribution is 5.86. The highest BCUT2D eigenvalue weighted by atomic mass is 19.4. The van der Waals surface area contributed by atoms with Gasteiger partial charge in [0, 0.05) is 35.6 Å². The van der Waals surface area contributed by atoms with Crippen molar-refractivity contribution in [2.24, 2.45) is 0 Å². The van der Waals surface area contributed by atoms with Gasteiger partial charge >= 0.3 is 12.1 Å². The van der Waals surface area contributed by atoms with Gasteiger partial charge in [-0.3, -0.25) is 9.59 Å². The third-order valence-electron chi connectivity index (χ3n) is 5.04. The number of halogens is 3. The van der Waals surface area contributed by atoms with Gasteiger partial charge in [0.2, 0.25) is 5.56 Å². The van der Waals surface area contributed by atoms with Crippen molar-refractivity contribution in [3.05, 3.63) is 40.2 Å². The van der Waals surface area contributed by atoms with Crippen LogP contribution in [-0.2, 0) is 15.7 Å². The summed E-state index contributed by atoms with van der Waals surface area (Å²) >= 11 is 0. The number of fused-ring (bicyclic) bond motifs is 1. The number of aromatic amines is 1. The topological polar surface area (TPSA) is 62.4 Å². The first-order valence-electron chi connectivity index (χ1n) is 8.77. The fourth-order valence-electron chi connectivity index (χ4n) is 3.90. The number of ether oxygens (including phenoxy) is 1. The standard InChI is InChI=1S/C19H21F3N2O3/c1-10-4-7-17(11(2)27-12(3)25)24(10)13-5-6-16-14(8-13)15(19(20,21)22)9-18(26)23-16/h5-6,8-11,17H,4,7H2,1-3H3,(H,23,26). The van der Waals surface area contributed by atoms with Crippen molar-refractivity contribution < 1.29 is 22.7 Å². The molecule has 3 unspecified atom stereocenters. The predicted octanol–water partition coefficient (Wildman–Crippen LogP) is 3.86. The van der Waals surface area contributed by atoms with Crippen LogP contribution in [0.15, 0.2) is 29.1 Å². The largest absolute Gasteiger partial charge is 0.461 e. The van der Waals surface area contributed by atoms with Crippen molar-refractivity contribution >= 4 is 22.6 Å². The Balaban J connectivity index is 2.09. The third kappa shape index (κ3) is 3.79. The Bertz CT molecular complexity index is 923. The van der Waals surface area contributed by atoms with Gasteiger partial charge in [-0.1, -0.05) is 0 Å². The van der Waals surface area contributed by atoms with Gasteiger partial charge in [-0.05, 0) is 44.9 Å². The van der Waals surface area contributed by atoms with E-state index in [1.54, 1.807) is 13.0 Å². The second-order valence-electron chi connectivity index (χ2n) is 6.99. The smallest absolute Gasteiger partial charge is 0.417 e. The number of aromatic nitrogens is 1. The number of benzene rings is 1. The SMILES string of the molecule is CC(=O)OC(C)C1CCC(C)N1c1ccc2[nH]c(=O)cc(C(F)(F)F)c2c1. The summed E-state index contributed by atoms with van der Waals surface area (Å²) in [5.74, 6) is -0.391. The van der Waals surface area contributed by atoms with Crippen molar-refractivity contribution in [1.29, 1.82) is 0 Å². The van der Waals surface area contributed by atoms with Crippen LogP contribution in [-0.4, -0.2) is 29.1 Å². The molecular weight excluding hydrogens is 361 g/mol. The van der Waals surface area contributed by atoms with E-state index in [0.29, 0.717) is 11.8 Å². The first-order valence-corrected chi connectivity index (χ1v) is 8.77. The van der Waals surface area contributed by atoms with Crippen LogP contribution in [0.3, 0.4) is 0 Å². The van der Waals surface area contributed by atoms with Crippen LogP contribution in [0.2, 0.25) is 0 Å². The summed E-state index contributed by atoms with van der Waals surface area (Å²) in [7, 11) is 0. The second kappa shape index (κ2) is 6.90. The summed E-state index contributed by atoms with van der Waals surface area (Å²) in [5.41, 5.74) is -1.01. The Labute approximate surface area is 154 Å². The molecule has 1 fully saturated rings. The van der Waals surface area contributed by atoms with Gasteiger partial charge in [-0.2, -0.15) is 13.2 Å². The molecule has 1 saturated heterocycles. The zero-order chi connectivity index (χ0) is 19.9. The Kier molecular flexibility index (Phi) is 4.92. The van der Waals surface area contributed by atoms with E-state index in [1.165, 1.54) is 19.1 Å². The summed E-state index contributed by atoms with van der Waals surface area (Å²) in [4.78, 5) is 27.3. The molecule has 3 atom stereocenters. The number of nitrogens with one attached hydrogen (secondary N) is 1. The van der Waals surface area contributed by atoms with Crippen molar-refractivity contribution in [2.75, 3.05) is 4.90 Å². The molecule has 1 aliphatic heterocycles. The second-order valence-corrected chi connectivity index (χ2v) is 6.99. The van der Waals surface area contributed by atoms with E-state index in [2.05, 4.69) is 4.98 Å². The molecule has 0 bridgehead atoms. The molecule has 1 aromatic carbocycles. The monoisotopic (exact) mass is 382 g/mol. The van der Waals surface area contributed by atoms with Gasteiger partial charge in [0.25, 0.3) is 0 Å². The summed E-state index contributed by atoms with van der Waals surface area (Å²) in [6.45, 7) is 5.11. The van der Waals surface area contributed by atoms with E-state index in [4.69, 9.17) is 4.74 Å². The molecule has 1 aromatic heterocycles. The molecule has 146 valence electrons. The minimum atomic E-state index is -4.63. The zero-order valence-electron chi connectivity index (χ0n) is 15.3. The fraction of sp³-hybridized carbons (Fsp3) is 0.474. The van der Waals surface area contributed by atoms with Crippen LogP contribution >= 0.6 is 0 Å². The van der Waals surface area contributed by atoms with Crippen molar-refractivity contribution in [3.63, 3.8) is 0 Å². The van der Waals surface area contributed by atoms with Gasteiger partial charge in [-0.15, -0.1) is 0 Å². The number of rotatable bonds is 3. The number of pyridine rings is 1. The van der Waals surface area contributed by atoms with E-state index in [-0.39, 0.29) is 29.1 Å². The maximum Gasteiger partial charge on any atom is 0.417 e. The van der Waals surface area contributed by atoms with Crippen LogP contribution in [0.1, 0.15) is 39.2 Å². The van der Waals surface area contributed by atoms with Crippen LogP contribution in [0.5, 0.6) is 0 Å². The third-order valence-corrected chi connectivity index (χ3v) is 5.04. The number of hydrogen-bond donors (Lipinski definition) is 1. The lowest BCUT2D eigenvalue weighted by Crippen LogP contribution is -2.42. The molecule has 1 aliphatic rings. The fourth-order valence-corrected chi connectivity index (χ4v) is 3.90. The maximum atomic E-state index is 13.4. The molecule has 1 N–H and O–H groups in total. The van der Waals surface area contributed by atoms with E-state index in [9.17, 15) is 22.8 Å². The molecule has 27 heavy (non-hydrogen) atoms. The number of carbonyl (C=O) groups excluding carboxylic acids is 1. The lowest BCUT2D eigenvalue weighted by atomic mass is 10.1. The van der Waals surface area contributed by atoms with Gasteiger partial charge in [0.15, 0.2) is 0 Å². The van der Waals surface area contributed by atoms with Crippen molar-refractivity contribution in [3.8, 4) is 0 Å². The molecule has 0 radical (unpaired) electrons. The number of alkyl halides is 3. The molecule has 0 aliphatic carbocycles. The Morgan fingerprint density at radius 1 is 1.30 bits per heavy atom. The van der Waals surface area contributed by atoms with Crippen LogP contribution < -0.4 is 10.5 Å². The van der Waals surface area contributed by atoms with Gasteiger partial charge in [-0.25, -0.2) is 0 Å². The van der Waals surface area contributed by atoms with E-state index < -0.39 is 23.3 Å². The van der Waals surface area contributed by atoms with Crippen LogP contribution in [0, 0.1) is 0 Å². The minimum Gasteiger partial charge on any atom is -0.461 e. The molecule has 0 saturated carbocycles. The maximum absolute atomic E-state index is 13.4. The van der Waals surface area contributed by atoms with E-state index in [1.807, 2.05) is 11.8 Å². The lowest BCUT2D eigenvalue weighted by Gasteiger charge is -2.34. The number of hydrogen-bond acceptors (Lipinski definition) is 4. The lowest BCUT2D eigenvalue weighted by molar-refractivity contribution is -0.146. The number of H-pyrrole nitrogens is 1. The Hall–Kier alpha value is -2.51. The first-order chi connectivity index (χ1) is 12.6. The highest BCUT2D eigenvalue weighted by Crippen LogP contribution is 2.38.